The lowest BCUT2D eigenvalue weighted by Gasteiger charge is -2.33. The average Bonchev–Trinajstić information content (AvgIpc) is 2.75. The number of thiophene rings is 1. The number of rotatable bonds is 4. The van der Waals surface area contributed by atoms with Gasteiger partial charge >= 0.3 is 0 Å². The Kier molecular flexibility index (Phi) is 4.79. The largest absolute Gasteiger partial charge is 0.396 e. The standard InChI is InChI=1S/C14H22N2OS2/c1-4-10-6-5-7-16(8-10)14-13(18-3)11(15)12(19-14)9(2)17/h10H,4-8,15H2,1-3H3. The molecule has 2 heterocycles. The zero-order valence-electron chi connectivity index (χ0n) is 11.9. The molecule has 0 amide bonds. The van der Waals surface area contributed by atoms with Gasteiger partial charge in [0.1, 0.15) is 5.00 Å². The molecule has 1 aliphatic rings. The van der Waals surface area contributed by atoms with Gasteiger partial charge in [-0.15, -0.1) is 23.1 Å². The van der Waals surface area contributed by atoms with Gasteiger partial charge in [0.2, 0.25) is 0 Å². The van der Waals surface area contributed by atoms with Gasteiger partial charge in [0.25, 0.3) is 0 Å². The van der Waals surface area contributed by atoms with Crippen LogP contribution in [-0.4, -0.2) is 25.1 Å². The van der Waals surface area contributed by atoms with Crippen molar-refractivity contribution in [1.82, 2.24) is 0 Å². The molecule has 1 aromatic heterocycles. The molecule has 0 radical (unpaired) electrons. The zero-order valence-corrected chi connectivity index (χ0v) is 13.5. The van der Waals surface area contributed by atoms with Gasteiger partial charge in [-0.1, -0.05) is 13.3 Å². The summed E-state index contributed by atoms with van der Waals surface area (Å²) in [6.45, 7) is 6.04. The molecule has 1 atom stereocenters. The Morgan fingerprint density at radius 2 is 2.32 bits per heavy atom. The Morgan fingerprint density at radius 1 is 1.58 bits per heavy atom. The molecular weight excluding hydrogens is 276 g/mol. The van der Waals surface area contributed by atoms with Crippen LogP contribution in [0.5, 0.6) is 0 Å². The first-order chi connectivity index (χ1) is 9.08. The fraction of sp³-hybridized carbons (Fsp3) is 0.643. The SMILES string of the molecule is CCC1CCCN(c2sc(C(C)=O)c(N)c2SC)C1. The van der Waals surface area contributed by atoms with Crippen molar-refractivity contribution in [2.45, 2.75) is 38.0 Å². The number of carbonyl (C=O) groups excluding carboxylic acids is 1. The van der Waals surface area contributed by atoms with Gasteiger partial charge in [-0.2, -0.15) is 0 Å². The molecule has 0 aliphatic carbocycles. The van der Waals surface area contributed by atoms with Crippen LogP contribution in [0.1, 0.15) is 42.8 Å². The third-order valence-electron chi connectivity index (χ3n) is 3.79. The summed E-state index contributed by atoms with van der Waals surface area (Å²) in [5.74, 6) is 0.848. The number of Topliss-reactive ketones (excluding diaryl/α,β-unsaturated/α-hetero) is 1. The summed E-state index contributed by atoms with van der Waals surface area (Å²) in [6, 6.07) is 0. The van der Waals surface area contributed by atoms with E-state index in [1.165, 1.54) is 24.3 Å². The van der Waals surface area contributed by atoms with Gasteiger partial charge in [0.05, 0.1) is 15.5 Å². The molecule has 1 unspecified atom stereocenters. The molecule has 0 saturated carbocycles. The van der Waals surface area contributed by atoms with E-state index in [0.717, 1.165) is 28.8 Å². The molecule has 1 aromatic rings. The number of piperidine rings is 1. The van der Waals surface area contributed by atoms with Gasteiger partial charge in [0.15, 0.2) is 5.78 Å². The number of hydrogen-bond donors (Lipinski definition) is 1. The number of carbonyl (C=O) groups is 1. The van der Waals surface area contributed by atoms with Crippen LogP contribution in [0, 0.1) is 5.92 Å². The van der Waals surface area contributed by atoms with E-state index in [-0.39, 0.29) is 5.78 Å². The topological polar surface area (TPSA) is 46.3 Å². The molecule has 0 spiro atoms. The van der Waals surface area contributed by atoms with Crippen LogP contribution in [0.4, 0.5) is 10.7 Å². The van der Waals surface area contributed by atoms with Gasteiger partial charge < -0.3 is 10.6 Å². The van der Waals surface area contributed by atoms with Crippen molar-refractivity contribution in [1.29, 1.82) is 0 Å². The summed E-state index contributed by atoms with van der Waals surface area (Å²) in [6.07, 6.45) is 5.82. The third-order valence-corrected chi connectivity index (χ3v) is 6.11. The molecular formula is C14H22N2OS2. The van der Waals surface area contributed by atoms with Gasteiger partial charge in [-0.3, -0.25) is 4.79 Å². The molecule has 3 nitrogen and oxygen atoms in total. The van der Waals surface area contributed by atoms with Crippen molar-refractivity contribution in [2.75, 3.05) is 30.0 Å². The van der Waals surface area contributed by atoms with Crippen LogP contribution < -0.4 is 10.6 Å². The molecule has 19 heavy (non-hydrogen) atoms. The Hall–Kier alpha value is -0.680. The molecule has 0 aromatic carbocycles. The van der Waals surface area contributed by atoms with Crippen molar-refractivity contribution in [2.24, 2.45) is 5.92 Å². The summed E-state index contributed by atoms with van der Waals surface area (Å²) >= 11 is 3.22. The maximum Gasteiger partial charge on any atom is 0.171 e. The maximum absolute atomic E-state index is 11.7. The summed E-state index contributed by atoms with van der Waals surface area (Å²) < 4.78 is 0. The van der Waals surface area contributed by atoms with E-state index >= 15 is 0 Å². The van der Waals surface area contributed by atoms with E-state index in [2.05, 4.69) is 11.8 Å². The summed E-state index contributed by atoms with van der Waals surface area (Å²) in [7, 11) is 0. The first-order valence-corrected chi connectivity index (χ1v) is 8.84. The lowest BCUT2D eigenvalue weighted by molar-refractivity contribution is 0.102. The van der Waals surface area contributed by atoms with E-state index in [9.17, 15) is 4.79 Å². The predicted molar refractivity (Wildman–Crippen MR) is 85.7 cm³/mol. The predicted octanol–water partition coefficient (Wildman–Crippen LogP) is 3.88. The minimum atomic E-state index is 0.0769. The average molecular weight is 298 g/mol. The van der Waals surface area contributed by atoms with Gasteiger partial charge in [-0.05, 0) is 25.0 Å². The Balaban J connectivity index is 2.33. The number of nitrogens with two attached hydrogens (primary N) is 1. The second-order valence-corrected chi connectivity index (χ2v) is 6.92. The van der Waals surface area contributed by atoms with Crippen LogP contribution >= 0.6 is 23.1 Å². The second kappa shape index (κ2) is 6.18. The molecule has 2 rings (SSSR count). The van der Waals surface area contributed by atoms with Crippen LogP contribution in [0.25, 0.3) is 0 Å². The normalized spacial score (nSPS) is 19.7. The summed E-state index contributed by atoms with van der Waals surface area (Å²) in [5.41, 5.74) is 6.81. The van der Waals surface area contributed by atoms with Crippen LogP contribution in [0.15, 0.2) is 4.90 Å². The van der Waals surface area contributed by atoms with E-state index < -0.39 is 0 Å². The quantitative estimate of drug-likeness (QED) is 0.677. The first kappa shape index (κ1) is 14.7. The third kappa shape index (κ3) is 2.92. The van der Waals surface area contributed by atoms with Crippen molar-refractivity contribution < 1.29 is 4.79 Å². The minimum Gasteiger partial charge on any atom is -0.396 e. The zero-order chi connectivity index (χ0) is 14.0. The van der Waals surface area contributed by atoms with E-state index in [4.69, 9.17) is 5.73 Å². The minimum absolute atomic E-state index is 0.0769. The molecule has 1 saturated heterocycles. The Morgan fingerprint density at radius 3 is 2.89 bits per heavy atom. The molecule has 106 valence electrons. The number of anilines is 2. The van der Waals surface area contributed by atoms with Crippen molar-refractivity contribution in [3.63, 3.8) is 0 Å². The molecule has 1 aliphatic heterocycles. The molecule has 0 bridgehead atoms. The van der Waals surface area contributed by atoms with E-state index in [1.807, 2.05) is 6.26 Å². The van der Waals surface area contributed by atoms with E-state index in [0.29, 0.717) is 5.69 Å². The smallest absolute Gasteiger partial charge is 0.171 e. The Bertz CT molecular complexity index is 470. The maximum atomic E-state index is 11.7. The summed E-state index contributed by atoms with van der Waals surface area (Å²) in [5, 5.41) is 1.20. The van der Waals surface area contributed by atoms with Crippen molar-refractivity contribution in [3.05, 3.63) is 4.88 Å². The summed E-state index contributed by atoms with van der Waals surface area (Å²) in [4.78, 5) is 15.9. The molecule has 1 fully saturated rings. The molecule has 2 N–H and O–H groups in total. The van der Waals surface area contributed by atoms with E-state index in [1.54, 1.807) is 30.0 Å². The van der Waals surface area contributed by atoms with Crippen molar-refractivity contribution >= 4 is 39.6 Å². The van der Waals surface area contributed by atoms with Crippen LogP contribution in [0.2, 0.25) is 0 Å². The number of hydrogen-bond acceptors (Lipinski definition) is 5. The fourth-order valence-electron chi connectivity index (χ4n) is 2.67. The first-order valence-electron chi connectivity index (χ1n) is 6.80. The highest BCUT2D eigenvalue weighted by atomic mass is 32.2. The number of nitrogen functional groups attached to an aromatic ring is 1. The second-order valence-electron chi connectivity index (χ2n) is 5.10. The van der Waals surface area contributed by atoms with Gasteiger partial charge in [0, 0.05) is 20.0 Å². The van der Waals surface area contributed by atoms with Crippen LogP contribution in [0.3, 0.4) is 0 Å². The monoisotopic (exact) mass is 298 g/mol. The number of nitrogens with zero attached hydrogens (tertiary/aromatic N) is 1. The number of ketones is 1. The lowest BCUT2D eigenvalue weighted by Crippen LogP contribution is -2.34. The Labute approximate surface area is 123 Å². The van der Waals surface area contributed by atoms with Crippen LogP contribution in [-0.2, 0) is 0 Å². The fourth-order valence-corrected chi connectivity index (χ4v) is 4.78. The highest BCUT2D eigenvalue weighted by Crippen LogP contribution is 2.45. The number of thioether (sulfide) groups is 1. The highest BCUT2D eigenvalue weighted by Gasteiger charge is 2.25. The highest BCUT2D eigenvalue weighted by molar-refractivity contribution is 7.99. The van der Waals surface area contributed by atoms with Crippen molar-refractivity contribution in [3.8, 4) is 0 Å². The molecule has 5 heteroatoms. The van der Waals surface area contributed by atoms with Gasteiger partial charge in [-0.25, -0.2) is 0 Å². The lowest BCUT2D eigenvalue weighted by atomic mass is 9.96.